The first-order valence-corrected chi connectivity index (χ1v) is 10.2. The summed E-state index contributed by atoms with van der Waals surface area (Å²) in [7, 11) is 2.13. The number of likely N-dealkylation sites (N-methyl/N-ethyl adjacent to an activating group) is 1. The lowest BCUT2D eigenvalue weighted by Gasteiger charge is -2.49. The fourth-order valence-electron chi connectivity index (χ4n) is 5.15. The molecule has 1 spiro atoms. The Morgan fingerprint density at radius 1 is 1.19 bits per heavy atom. The van der Waals surface area contributed by atoms with Gasteiger partial charge in [-0.3, -0.25) is 9.59 Å². The van der Waals surface area contributed by atoms with Gasteiger partial charge in [-0.05, 0) is 64.6 Å². The average molecular weight is 373 g/mol. The molecule has 0 saturated carbocycles. The van der Waals surface area contributed by atoms with E-state index in [1.165, 1.54) is 0 Å². The van der Waals surface area contributed by atoms with E-state index in [1.807, 2.05) is 24.8 Å². The molecule has 3 fully saturated rings. The molecule has 0 unspecified atom stereocenters. The molecule has 1 aromatic rings. The van der Waals surface area contributed by atoms with Gasteiger partial charge in [0.2, 0.25) is 5.91 Å². The number of rotatable bonds is 2. The van der Waals surface area contributed by atoms with Gasteiger partial charge in [-0.2, -0.15) is 0 Å². The standard InChI is InChI=1S/C21H31N3O3/c1-15-12-18(16(2)27-15)20(26)23-10-7-21(8-11-23)6-4-19(25)24(14-21)17-5-9-22(3)13-17/h12,17H,4-11,13-14H2,1-3H3/t17-/m0/s1. The highest BCUT2D eigenvalue weighted by atomic mass is 16.3. The zero-order valence-corrected chi connectivity index (χ0v) is 16.8. The smallest absolute Gasteiger partial charge is 0.257 e. The van der Waals surface area contributed by atoms with Crippen molar-refractivity contribution >= 4 is 11.8 Å². The van der Waals surface area contributed by atoms with Gasteiger partial charge in [0.25, 0.3) is 5.91 Å². The SMILES string of the molecule is Cc1cc(C(=O)N2CCC3(CCC(=O)N([C@H]4CCN(C)C4)C3)CC2)c(C)o1. The van der Waals surface area contributed by atoms with Crippen molar-refractivity contribution in [1.29, 1.82) is 0 Å². The quantitative estimate of drug-likeness (QED) is 0.799. The molecule has 1 atom stereocenters. The summed E-state index contributed by atoms with van der Waals surface area (Å²) < 4.78 is 5.53. The van der Waals surface area contributed by atoms with Crippen LogP contribution in [0.15, 0.2) is 10.5 Å². The summed E-state index contributed by atoms with van der Waals surface area (Å²) in [6.45, 7) is 8.22. The number of hydrogen-bond acceptors (Lipinski definition) is 4. The van der Waals surface area contributed by atoms with Crippen LogP contribution in [0.1, 0.15) is 54.0 Å². The van der Waals surface area contributed by atoms with Crippen molar-refractivity contribution in [1.82, 2.24) is 14.7 Å². The number of nitrogens with zero attached hydrogens (tertiary/aromatic N) is 3. The third-order valence-corrected chi connectivity index (χ3v) is 6.89. The highest BCUT2D eigenvalue weighted by Gasteiger charge is 2.44. The van der Waals surface area contributed by atoms with E-state index in [9.17, 15) is 9.59 Å². The number of piperidine rings is 2. The average Bonchev–Trinajstić information content (AvgIpc) is 3.22. The van der Waals surface area contributed by atoms with Crippen LogP contribution in [-0.2, 0) is 4.79 Å². The maximum absolute atomic E-state index is 12.9. The normalized spacial score (nSPS) is 26.2. The number of likely N-dealkylation sites (tertiary alicyclic amines) is 3. The highest BCUT2D eigenvalue weighted by Crippen LogP contribution is 2.41. The summed E-state index contributed by atoms with van der Waals surface area (Å²) in [5, 5.41) is 0. The second-order valence-corrected chi connectivity index (χ2v) is 8.85. The Morgan fingerprint density at radius 3 is 2.52 bits per heavy atom. The first-order chi connectivity index (χ1) is 12.9. The number of furan rings is 1. The Labute approximate surface area is 161 Å². The van der Waals surface area contributed by atoms with E-state index in [4.69, 9.17) is 4.42 Å². The topological polar surface area (TPSA) is 57.0 Å². The van der Waals surface area contributed by atoms with E-state index in [2.05, 4.69) is 16.8 Å². The number of amides is 2. The predicted octanol–water partition coefficient (Wildman–Crippen LogP) is 2.45. The van der Waals surface area contributed by atoms with Gasteiger partial charge in [-0.1, -0.05) is 0 Å². The lowest BCUT2D eigenvalue weighted by atomic mass is 9.72. The fraction of sp³-hybridized carbons (Fsp3) is 0.714. The largest absolute Gasteiger partial charge is 0.466 e. The van der Waals surface area contributed by atoms with Crippen molar-refractivity contribution in [3.05, 3.63) is 23.2 Å². The van der Waals surface area contributed by atoms with E-state index in [0.29, 0.717) is 29.7 Å². The zero-order valence-electron chi connectivity index (χ0n) is 16.8. The van der Waals surface area contributed by atoms with Crippen LogP contribution < -0.4 is 0 Å². The van der Waals surface area contributed by atoms with Gasteiger partial charge in [0.15, 0.2) is 0 Å². The van der Waals surface area contributed by atoms with Gasteiger partial charge in [0.05, 0.1) is 5.56 Å². The van der Waals surface area contributed by atoms with Crippen molar-refractivity contribution in [3.63, 3.8) is 0 Å². The molecule has 0 aliphatic carbocycles. The molecule has 3 saturated heterocycles. The van der Waals surface area contributed by atoms with Gasteiger partial charge >= 0.3 is 0 Å². The summed E-state index contributed by atoms with van der Waals surface area (Å²) in [5.74, 6) is 1.90. The van der Waals surface area contributed by atoms with Crippen LogP contribution in [0, 0.1) is 19.3 Å². The molecule has 148 valence electrons. The number of carbonyl (C=O) groups excluding carboxylic acids is 2. The Hall–Kier alpha value is -1.82. The van der Waals surface area contributed by atoms with Gasteiger partial charge in [0.1, 0.15) is 11.5 Å². The molecular formula is C21H31N3O3. The summed E-state index contributed by atoms with van der Waals surface area (Å²) in [4.78, 5) is 31.8. The number of carbonyl (C=O) groups is 2. The third kappa shape index (κ3) is 3.51. The Bertz CT molecular complexity index is 733. The van der Waals surface area contributed by atoms with Gasteiger partial charge in [-0.15, -0.1) is 0 Å². The Morgan fingerprint density at radius 2 is 1.93 bits per heavy atom. The molecular weight excluding hydrogens is 342 g/mol. The second-order valence-electron chi connectivity index (χ2n) is 8.85. The summed E-state index contributed by atoms with van der Waals surface area (Å²) in [5.41, 5.74) is 0.880. The van der Waals surface area contributed by atoms with Gasteiger partial charge < -0.3 is 19.1 Å². The van der Waals surface area contributed by atoms with Crippen LogP contribution in [-0.4, -0.2) is 72.3 Å². The lowest BCUT2D eigenvalue weighted by molar-refractivity contribution is -0.141. The Kier molecular flexibility index (Phi) is 4.78. The molecule has 27 heavy (non-hydrogen) atoms. The van der Waals surface area contributed by atoms with Crippen molar-refractivity contribution < 1.29 is 14.0 Å². The molecule has 0 aromatic carbocycles. The molecule has 3 aliphatic rings. The maximum atomic E-state index is 12.9. The first kappa shape index (κ1) is 18.5. The molecule has 2 amide bonds. The Balaban J connectivity index is 1.41. The van der Waals surface area contributed by atoms with E-state index >= 15 is 0 Å². The monoisotopic (exact) mass is 373 g/mol. The summed E-state index contributed by atoms with van der Waals surface area (Å²) >= 11 is 0. The molecule has 6 nitrogen and oxygen atoms in total. The van der Waals surface area contributed by atoms with Crippen LogP contribution in [0.25, 0.3) is 0 Å². The highest BCUT2D eigenvalue weighted by molar-refractivity contribution is 5.95. The van der Waals surface area contributed by atoms with E-state index in [1.54, 1.807) is 0 Å². The van der Waals surface area contributed by atoms with Crippen LogP contribution in [0.3, 0.4) is 0 Å². The van der Waals surface area contributed by atoms with Crippen LogP contribution in [0.2, 0.25) is 0 Å². The molecule has 4 heterocycles. The van der Waals surface area contributed by atoms with Gasteiger partial charge in [-0.25, -0.2) is 0 Å². The van der Waals surface area contributed by atoms with Crippen LogP contribution in [0.5, 0.6) is 0 Å². The van der Waals surface area contributed by atoms with Gasteiger partial charge in [0, 0.05) is 38.6 Å². The molecule has 0 bridgehead atoms. The van der Waals surface area contributed by atoms with Crippen LogP contribution in [0.4, 0.5) is 0 Å². The molecule has 0 N–H and O–H groups in total. The molecule has 6 heteroatoms. The molecule has 1 aromatic heterocycles. The van der Waals surface area contributed by atoms with E-state index < -0.39 is 0 Å². The van der Waals surface area contributed by atoms with Crippen molar-refractivity contribution in [2.24, 2.45) is 5.41 Å². The van der Waals surface area contributed by atoms with E-state index in [0.717, 1.165) is 64.2 Å². The molecule has 3 aliphatic heterocycles. The first-order valence-electron chi connectivity index (χ1n) is 10.2. The number of aryl methyl sites for hydroxylation is 2. The summed E-state index contributed by atoms with van der Waals surface area (Å²) in [6, 6.07) is 2.22. The minimum atomic E-state index is 0.0837. The predicted molar refractivity (Wildman–Crippen MR) is 103 cm³/mol. The molecule has 0 radical (unpaired) electrons. The third-order valence-electron chi connectivity index (χ3n) is 6.89. The fourth-order valence-corrected chi connectivity index (χ4v) is 5.15. The van der Waals surface area contributed by atoms with Crippen molar-refractivity contribution in [2.45, 2.75) is 52.0 Å². The number of hydrogen-bond donors (Lipinski definition) is 0. The minimum absolute atomic E-state index is 0.0837. The van der Waals surface area contributed by atoms with E-state index in [-0.39, 0.29) is 11.3 Å². The minimum Gasteiger partial charge on any atom is -0.466 e. The second kappa shape index (κ2) is 6.97. The van der Waals surface area contributed by atoms with Crippen LogP contribution >= 0.6 is 0 Å². The van der Waals surface area contributed by atoms with Crippen molar-refractivity contribution in [3.8, 4) is 0 Å². The summed E-state index contributed by atoms with van der Waals surface area (Å²) in [6.07, 6.45) is 4.69. The van der Waals surface area contributed by atoms with Crippen molar-refractivity contribution in [2.75, 3.05) is 39.8 Å². The zero-order chi connectivity index (χ0) is 19.2. The maximum Gasteiger partial charge on any atom is 0.257 e. The molecule has 4 rings (SSSR count). The lowest BCUT2D eigenvalue weighted by Crippen LogP contribution is -2.55.